The molecule has 0 spiro atoms. The first-order chi connectivity index (χ1) is 8.43. The van der Waals surface area contributed by atoms with Gasteiger partial charge in [-0.2, -0.15) is 4.80 Å². The molecule has 3 heterocycles. The van der Waals surface area contributed by atoms with E-state index in [-0.39, 0.29) is 0 Å². The highest BCUT2D eigenvalue weighted by Crippen LogP contribution is 2.15. The number of pyridine rings is 1. The van der Waals surface area contributed by atoms with Gasteiger partial charge in [0.1, 0.15) is 5.69 Å². The normalized spacial score (nSPS) is 20.4. The van der Waals surface area contributed by atoms with Crippen molar-refractivity contribution in [3.8, 4) is 11.5 Å². The van der Waals surface area contributed by atoms with Crippen molar-refractivity contribution in [1.29, 1.82) is 0 Å². The van der Waals surface area contributed by atoms with E-state index in [4.69, 9.17) is 0 Å². The Bertz CT molecular complexity index is 474. The minimum Gasteiger partial charge on any atom is -0.315 e. The fraction of sp³-hybridized carbons (Fsp3) is 0.455. The average Bonchev–Trinajstić information content (AvgIpc) is 2.90. The van der Waals surface area contributed by atoms with E-state index in [9.17, 15) is 0 Å². The van der Waals surface area contributed by atoms with Crippen LogP contribution in [0.5, 0.6) is 0 Å². The quantitative estimate of drug-likeness (QED) is 0.820. The van der Waals surface area contributed by atoms with E-state index in [1.807, 2.05) is 18.2 Å². The summed E-state index contributed by atoms with van der Waals surface area (Å²) < 4.78 is 0. The van der Waals surface area contributed by atoms with E-state index < -0.39 is 0 Å². The summed E-state index contributed by atoms with van der Waals surface area (Å²) in [6.45, 7) is 2.00. The van der Waals surface area contributed by atoms with Crippen LogP contribution < -0.4 is 5.32 Å². The summed E-state index contributed by atoms with van der Waals surface area (Å²) in [4.78, 5) is 5.92. The van der Waals surface area contributed by atoms with Crippen LogP contribution in [0.15, 0.2) is 24.4 Å². The van der Waals surface area contributed by atoms with Crippen LogP contribution in [0.2, 0.25) is 0 Å². The Morgan fingerprint density at radius 1 is 1.35 bits per heavy atom. The minimum absolute atomic E-state index is 0.314. The number of piperidine rings is 1. The Morgan fingerprint density at radius 3 is 3.12 bits per heavy atom. The molecule has 0 radical (unpaired) electrons. The fourth-order valence-electron chi connectivity index (χ4n) is 2.01. The van der Waals surface area contributed by atoms with Gasteiger partial charge < -0.3 is 5.32 Å². The average molecular weight is 230 g/mol. The second kappa shape index (κ2) is 4.58. The van der Waals surface area contributed by atoms with Gasteiger partial charge >= 0.3 is 0 Å². The first kappa shape index (κ1) is 10.3. The Balaban J connectivity index is 1.83. The van der Waals surface area contributed by atoms with E-state index in [0.29, 0.717) is 11.9 Å². The largest absolute Gasteiger partial charge is 0.315 e. The molecule has 1 aliphatic heterocycles. The number of aromatic nitrogens is 5. The van der Waals surface area contributed by atoms with E-state index in [2.05, 4.69) is 25.7 Å². The fourth-order valence-corrected chi connectivity index (χ4v) is 2.01. The maximum absolute atomic E-state index is 4.40. The molecule has 0 aromatic carbocycles. The number of hydrogen-bond acceptors (Lipinski definition) is 5. The number of rotatable bonds is 2. The predicted octanol–water partition coefficient (Wildman–Crippen LogP) is 0.660. The van der Waals surface area contributed by atoms with Crippen LogP contribution in [-0.2, 0) is 0 Å². The molecular formula is C11H14N6. The second-order valence-electron chi connectivity index (χ2n) is 4.15. The van der Waals surface area contributed by atoms with Crippen LogP contribution in [0, 0.1) is 0 Å². The lowest BCUT2D eigenvalue weighted by atomic mass is 10.1. The highest BCUT2D eigenvalue weighted by molar-refractivity contribution is 5.46. The third-order valence-electron chi connectivity index (χ3n) is 2.92. The summed E-state index contributed by atoms with van der Waals surface area (Å²) >= 11 is 0. The van der Waals surface area contributed by atoms with Crippen LogP contribution in [-0.4, -0.2) is 38.3 Å². The molecule has 2 aromatic rings. The molecule has 1 fully saturated rings. The summed E-state index contributed by atoms with van der Waals surface area (Å²) in [6.07, 6.45) is 3.99. The maximum Gasteiger partial charge on any atom is 0.223 e. The van der Waals surface area contributed by atoms with E-state index >= 15 is 0 Å². The first-order valence-electron chi connectivity index (χ1n) is 5.85. The molecule has 1 N–H and O–H groups in total. The third kappa shape index (κ3) is 2.16. The lowest BCUT2D eigenvalue weighted by Gasteiger charge is -2.20. The van der Waals surface area contributed by atoms with E-state index in [0.717, 1.165) is 31.6 Å². The number of tetrazole rings is 1. The van der Waals surface area contributed by atoms with Crippen LogP contribution in [0.1, 0.15) is 18.9 Å². The van der Waals surface area contributed by atoms with Gasteiger partial charge in [-0.05, 0) is 36.7 Å². The zero-order valence-corrected chi connectivity index (χ0v) is 9.45. The highest BCUT2D eigenvalue weighted by atomic mass is 15.6. The molecule has 1 atom stereocenters. The number of nitrogens with zero attached hydrogens (tertiary/aromatic N) is 5. The van der Waals surface area contributed by atoms with Gasteiger partial charge in [0.2, 0.25) is 5.82 Å². The van der Waals surface area contributed by atoms with Gasteiger partial charge in [0.15, 0.2) is 0 Å². The monoisotopic (exact) mass is 230 g/mol. The molecule has 0 unspecified atom stereocenters. The van der Waals surface area contributed by atoms with Gasteiger partial charge in [0, 0.05) is 12.7 Å². The van der Waals surface area contributed by atoms with Crippen LogP contribution >= 0.6 is 0 Å². The second-order valence-corrected chi connectivity index (χ2v) is 4.15. The Morgan fingerprint density at radius 2 is 2.35 bits per heavy atom. The molecule has 6 nitrogen and oxygen atoms in total. The predicted molar refractivity (Wildman–Crippen MR) is 62.2 cm³/mol. The SMILES string of the molecule is c1ccc(-c2nnn([C@H]3CCCNC3)n2)nc1. The van der Waals surface area contributed by atoms with Gasteiger partial charge in [0.05, 0.1) is 6.04 Å². The molecule has 6 heteroatoms. The first-order valence-corrected chi connectivity index (χ1v) is 5.85. The smallest absolute Gasteiger partial charge is 0.223 e. The Labute approximate surface area is 99.1 Å². The van der Waals surface area contributed by atoms with Crippen LogP contribution in [0.25, 0.3) is 11.5 Å². The molecular weight excluding hydrogens is 216 g/mol. The lowest BCUT2D eigenvalue weighted by molar-refractivity contribution is 0.313. The molecule has 1 aliphatic rings. The van der Waals surface area contributed by atoms with Crippen molar-refractivity contribution < 1.29 is 0 Å². The molecule has 0 aliphatic carbocycles. The van der Waals surface area contributed by atoms with E-state index in [1.165, 1.54) is 0 Å². The standard InChI is InChI=1S/C11H14N6/c1-2-7-13-10(5-1)11-14-16-17(15-11)9-4-3-6-12-8-9/h1-2,5,7,9,12H,3-4,6,8H2/t9-/m0/s1. The van der Waals surface area contributed by atoms with Crippen molar-refractivity contribution in [2.24, 2.45) is 0 Å². The van der Waals surface area contributed by atoms with Crippen molar-refractivity contribution in [3.05, 3.63) is 24.4 Å². The van der Waals surface area contributed by atoms with E-state index in [1.54, 1.807) is 11.0 Å². The van der Waals surface area contributed by atoms with Crippen molar-refractivity contribution in [3.63, 3.8) is 0 Å². The van der Waals surface area contributed by atoms with Gasteiger partial charge in [-0.15, -0.1) is 10.2 Å². The van der Waals surface area contributed by atoms with Gasteiger partial charge in [-0.3, -0.25) is 4.98 Å². The van der Waals surface area contributed by atoms with Crippen molar-refractivity contribution in [2.75, 3.05) is 13.1 Å². The number of hydrogen-bond donors (Lipinski definition) is 1. The summed E-state index contributed by atoms with van der Waals surface area (Å²) in [5.41, 5.74) is 0.766. The maximum atomic E-state index is 4.40. The molecule has 17 heavy (non-hydrogen) atoms. The minimum atomic E-state index is 0.314. The molecule has 0 bridgehead atoms. The zero-order chi connectivity index (χ0) is 11.5. The summed E-state index contributed by atoms with van der Waals surface area (Å²) in [5, 5.41) is 15.9. The third-order valence-corrected chi connectivity index (χ3v) is 2.92. The topological polar surface area (TPSA) is 68.5 Å². The summed E-state index contributed by atoms with van der Waals surface area (Å²) in [7, 11) is 0. The number of nitrogens with one attached hydrogen (secondary N) is 1. The lowest BCUT2D eigenvalue weighted by Crippen LogP contribution is -2.32. The van der Waals surface area contributed by atoms with Crippen molar-refractivity contribution in [1.82, 2.24) is 30.5 Å². The van der Waals surface area contributed by atoms with Gasteiger partial charge in [0.25, 0.3) is 0 Å². The van der Waals surface area contributed by atoms with Crippen molar-refractivity contribution >= 4 is 0 Å². The summed E-state index contributed by atoms with van der Waals surface area (Å²) in [6, 6.07) is 6.00. The highest BCUT2D eigenvalue weighted by Gasteiger charge is 2.18. The van der Waals surface area contributed by atoms with Gasteiger partial charge in [-0.1, -0.05) is 6.07 Å². The molecule has 88 valence electrons. The molecule has 1 saturated heterocycles. The Kier molecular flexibility index (Phi) is 2.79. The molecule has 0 saturated carbocycles. The molecule has 2 aromatic heterocycles. The molecule has 3 rings (SSSR count). The van der Waals surface area contributed by atoms with Gasteiger partial charge in [-0.25, -0.2) is 0 Å². The molecule has 0 amide bonds. The van der Waals surface area contributed by atoms with Crippen LogP contribution in [0.4, 0.5) is 0 Å². The van der Waals surface area contributed by atoms with Crippen LogP contribution in [0.3, 0.4) is 0 Å². The summed E-state index contributed by atoms with van der Waals surface area (Å²) in [5.74, 6) is 0.594. The van der Waals surface area contributed by atoms with Crippen molar-refractivity contribution in [2.45, 2.75) is 18.9 Å². The Hall–Kier alpha value is -1.82. The zero-order valence-electron chi connectivity index (χ0n) is 9.45.